The van der Waals surface area contributed by atoms with Crippen molar-refractivity contribution in [3.05, 3.63) is 58.0 Å². The van der Waals surface area contributed by atoms with E-state index in [4.69, 9.17) is 4.74 Å². The van der Waals surface area contributed by atoms with Crippen molar-refractivity contribution in [1.29, 1.82) is 0 Å². The third kappa shape index (κ3) is 5.18. The standard InChI is InChI=1S/C20H24N4O4/c1-15-4-6-16(7-5-15)28-14-2-3-19(26)23-10-12-24(13-11-23)20(27)17-8-9-18(25)22-21-17/h4-9H,2-3,10-14H2,1H3,(H,22,25). The number of nitrogens with zero attached hydrogens (tertiary/aromatic N) is 3. The molecule has 1 aromatic carbocycles. The molecule has 8 nitrogen and oxygen atoms in total. The minimum atomic E-state index is -0.349. The number of carbonyl (C=O) groups excluding carboxylic acids is 2. The number of aromatic amines is 1. The lowest BCUT2D eigenvalue weighted by atomic mass is 10.2. The highest BCUT2D eigenvalue weighted by Gasteiger charge is 2.25. The van der Waals surface area contributed by atoms with Crippen molar-refractivity contribution in [2.45, 2.75) is 19.8 Å². The zero-order valence-electron chi connectivity index (χ0n) is 15.9. The fraction of sp³-hybridized carbons (Fsp3) is 0.400. The van der Waals surface area contributed by atoms with Gasteiger partial charge in [0.25, 0.3) is 11.5 Å². The number of hydrogen-bond donors (Lipinski definition) is 1. The van der Waals surface area contributed by atoms with Crippen molar-refractivity contribution < 1.29 is 14.3 Å². The summed E-state index contributed by atoms with van der Waals surface area (Å²) in [5.74, 6) is 0.637. The van der Waals surface area contributed by atoms with Crippen LogP contribution in [0.15, 0.2) is 41.2 Å². The summed E-state index contributed by atoms with van der Waals surface area (Å²) in [5, 5.41) is 6.02. The van der Waals surface area contributed by atoms with Crippen LogP contribution >= 0.6 is 0 Å². The Morgan fingerprint density at radius 2 is 1.71 bits per heavy atom. The first-order valence-electron chi connectivity index (χ1n) is 9.35. The van der Waals surface area contributed by atoms with Gasteiger partial charge in [0.05, 0.1) is 6.61 Å². The highest BCUT2D eigenvalue weighted by atomic mass is 16.5. The summed E-state index contributed by atoms with van der Waals surface area (Å²) in [6.45, 7) is 4.40. The zero-order chi connectivity index (χ0) is 19.9. The Kier molecular flexibility index (Phi) is 6.41. The van der Waals surface area contributed by atoms with Crippen molar-refractivity contribution in [2.75, 3.05) is 32.8 Å². The van der Waals surface area contributed by atoms with Gasteiger partial charge in [0.15, 0.2) is 0 Å². The zero-order valence-corrected chi connectivity index (χ0v) is 15.9. The van der Waals surface area contributed by atoms with Crippen LogP contribution in [0.3, 0.4) is 0 Å². The Labute approximate surface area is 163 Å². The average Bonchev–Trinajstić information content (AvgIpc) is 2.72. The fourth-order valence-electron chi connectivity index (χ4n) is 2.99. The third-order valence-electron chi connectivity index (χ3n) is 4.64. The van der Waals surface area contributed by atoms with E-state index in [2.05, 4.69) is 10.2 Å². The number of rotatable bonds is 6. The molecule has 28 heavy (non-hydrogen) atoms. The van der Waals surface area contributed by atoms with Gasteiger partial charge >= 0.3 is 0 Å². The molecule has 1 aromatic heterocycles. The first-order valence-corrected chi connectivity index (χ1v) is 9.35. The van der Waals surface area contributed by atoms with Crippen LogP contribution in [0.5, 0.6) is 5.75 Å². The quantitative estimate of drug-likeness (QED) is 0.756. The number of hydrogen-bond acceptors (Lipinski definition) is 5. The molecule has 2 aromatic rings. The molecule has 1 aliphatic heterocycles. The number of ether oxygens (including phenoxy) is 1. The molecule has 8 heteroatoms. The second-order valence-corrected chi connectivity index (χ2v) is 6.74. The van der Waals surface area contributed by atoms with Crippen LogP contribution in [0.4, 0.5) is 0 Å². The summed E-state index contributed by atoms with van der Waals surface area (Å²) in [4.78, 5) is 39.2. The molecule has 2 heterocycles. The molecule has 2 amide bonds. The lowest BCUT2D eigenvalue weighted by Crippen LogP contribution is -2.50. The van der Waals surface area contributed by atoms with Crippen LogP contribution in [0, 0.1) is 6.92 Å². The van der Waals surface area contributed by atoms with Crippen LogP contribution in [0.2, 0.25) is 0 Å². The van der Waals surface area contributed by atoms with E-state index in [1.54, 1.807) is 9.80 Å². The van der Waals surface area contributed by atoms with Crippen molar-refractivity contribution in [2.24, 2.45) is 0 Å². The van der Waals surface area contributed by atoms with Crippen molar-refractivity contribution in [3.8, 4) is 5.75 Å². The Balaban J connectivity index is 1.38. The first kappa shape index (κ1) is 19.6. The monoisotopic (exact) mass is 384 g/mol. The normalized spacial score (nSPS) is 14.0. The number of carbonyl (C=O) groups is 2. The minimum Gasteiger partial charge on any atom is -0.494 e. The number of nitrogens with one attached hydrogen (secondary N) is 1. The van der Waals surface area contributed by atoms with E-state index in [-0.39, 0.29) is 23.1 Å². The second-order valence-electron chi connectivity index (χ2n) is 6.74. The molecular formula is C20H24N4O4. The average molecular weight is 384 g/mol. The van der Waals surface area contributed by atoms with Crippen LogP contribution in [-0.4, -0.2) is 64.6 Å². The van der Waals surface area contributed by atoms with Crippen LogP contribution in [0.1, 0.15) is 28.9 Å². The Morgan fingerprint density at radius 1 is 1.04 bits per heavy atom. The van der Waals surface area contributed by atoms with E-state index in [1.807, 2.05) is 31.2 Å². The lowest BCUT2D eigenvalue weighted by molar-refractivity contribution is -0.132. The van der Waals surface area contributed by atoms with E-state index >= 15 is 0 Å². The number of benzene rings is 1. The van der Waals surface area contributed by atoms with E-state index in [1.165, 1.54) is 17.7 Å². The molecule has 0 bridgehead atoms. The molecule has 3 rings (SSSR count). The van der Waals surface area contributed by atoms with Crippen molar-refractivity contribution in [3.63, 3.8) is 0 Å². The molecule has 0 spiro atoms. The molecule has 1 saturated heterocycles. The van der Waals surface area contributed by atoms with E-state index < -0.39 is 0 Å². The van der Waals surface area contributed by atoms with E-state index in [9.17, 15) is 14.4 Å². The molecule has 0 aliphatic carbocycles. The summed E-state index contributed by atoms with van der Waals surface area (Å²) < 4.78 is 5.65. The SMILES string of the molecule is Cc1ccc(OCCCC(=O)N2CCN(C(=O)c3ccc(=O)[nH]n3)CC2)cc1. The number of H-pyrrole nitrogens is 1. The number of amides is 2. The van der Waals surface area contributed by atoms with Gasteiger partial charge in [0.1, 0.15) is 11.4 Å². The summed E-state index contributed by atoms with van der Waals surface area (Å²) in [5.41, 5.74) is 1.03. The predicted octanol–water partition coefficient (Wildman–Crippen LogP) is 1.22. The minimum absolute atomic E-state index is 0.0711. The number of piperazine rings is 1. The van der Waals surface area contributed by atoms with Crippen LogP contribution in [-0.2, 0) is 4.79 Å². The first-order chi connectivity index (χ1) is 13.5. The summed E-state index contributed by atoms with van der Waals surface area (Å²) in [7, 11) is 0. The Bertz CT molecular complexity index is 850. The Morgan fingerprint density at radius 3 is 2.36 bits per heavy atom. The molecule has 148 valence electrons. The molecular weight excluding hydrogens is 360 g/mol. The largest absolute Gasteiger partial charge is 0.494 e. The van der Waals surface area contributed by atoms with Crippen LogP contribution in [0.25, 0.3) is 0 Å². The highest BCUT2D eigenvalue weighted by Crippen LogP contribution is 2.12. The number of aryl methyl sites for hydroxylation is 1. The summed E-state index contributed by atoms with van der Waals surface area (Å²) in [6, 6.07) is 10.5. The van der Waals surface area contributed by atoms with E-state index in [0.717, 1.165) is 5.75 Å². The molecule has 1 aliphatic rings. The van der Waals surface area contributed by atoms with Gasteiger partial charge in [0, 0.05) is 38.7 Å². The summed E-state index contributed by atoms with van der Waals surface area (Å²) in [6.07, 6.45) is 1.06. The van der Waals surface area contributed by atoms with Gasteiger partial charge in [-0.2, -0.15) is 5.10 Å². The van der Waals surface area contributed by atoms with Gasteiger partial charge in [0.2, 0.25) is 5.91 Å². The van der Waals surface area contributed by atoms with Gasteiger partial charge < -0.3 is 14.5 Å². The smallest absolute Gasteiger partial charge is 0.274 e. The highest BCUT2D eigenvalue weighted by molar-refractivity contribution is 5.92. The molecule has 0 radical (unpaired) electrons. The summed E-state index contributed by atoms with van der Waals surface area (Å²) >= 11 is 0. The van der Waals surface area contributed by atoms with Crippen LogP contribution < -0.4 is 10.3 Å². The van der Waals surface area contributed by atoms with Crippen molar-refractivity contribution >= 4 is 11.8 Å². The molecule has 1 fully saturated rings. The topological polar surface area (TPSA) is 95.6 Å². The van der Waals surface area contributed by atoms with Crippen molar-refractivity contribution in [1.82, 2.24) is 20.0 Å². The molecule has 0 saturated carbocycles. The van der Waals surface area contributed by atoms with Gasteiger partial charge in [-0.25, -0.2) is 5.10 Å². The maximum Gasteiger partial charge on any atom is 0.274 e. The maximum absolute atomic E-state index is 12.4. The van der Waals surface area contributed by atoms with Gasteiger partial charge in [-0.1, -0.05) is 17.7 Å². The van der Waals surface area contributed by atoms with Gasteiger partial charge in [-0.15, -0.1) is 0 Å². The molecule has 0 unspecified atom stereocenters. The second kappa shape index (κ2) is 9.16. The van der Waals surface area contributed by atoms with Gasteiger partial charge in [-0.05, 0) is 31.5 Å². The maximum atomic E-state index is 12.4. The lowest BCUT2D eigenvalue weighted by Gasteiger charge is -2.34. The van der Waals surface area contributed by atoms with E-state index in [0.29, 0.717) is 45.6 Å². The fourth-order valence-corrected chi connectivity index (χ4v) is 2.99. The van der Waals surface area contributed by atoms with Gasteiger partial charge in [-0.3, -0.25) is 14.4 Å². The molecule has 0 atom stereocenters. The molecule has 1 N–H and O–H groups in total. The predicted molar refractivity (Wildman–Crippen MR) is 103 cm³/mol. The third-order valence-corrected chi connectivity index (χ3v) is 4.64. The Hall–Kier alpha value is -3.16. The number of aromatic nitrogens is 2.